The molecule has 0 saturated heterocycles. The van der Waals surface area contributed by atoms with E-state index < -0.39 is 0 Å². The number of fused-ring (bicyclic) bond motifs is 1. The second kappa shape index (κ2) is 2.79. The average Bonchev–Trinajstić information content (AvgIpc) is 2.17. The Morgan fingerprint density at radius 3 is 3.15 bits per heavy atom. The molecule has 1 N–H and O–H groups in total. The normalized spacial score (nSPS) is 13.6. The van der Waals surface area contributed by atoms with Gasteiger partial charge in [-0.1, -0.05) is 0 Å². The zero-order valence-electron chi connectivity index (χ0n) is 6.70. The number of carbonyl (C=O) groups is 1. The van der Waals surface area contributed by atoms with E-state index in [4.69, 9.17) is 10.00 Å². The molecule has 1 aliphatic heterocycles. The van der Waals surface area contributed by atoms with Crippen LogP contribution in [0.3, 0.4) is 0 Å². The van der Waals surface area contributed by atoms with Gasteiger partial charge in [-0.15, -0.1) is 0 Å². The summed E-state index contributed by atoms with van der Waals surface area (Å²) in [7, 11) is 0. The lowest BCUT2D eigenvalue weighted by atomic mass is 10.2. The Bertz CT molecular complexity index is 407. The first kappa shape index (κ1) is 7.62. The molecule has 0 aliphatic carbocycles. The first-order chi connectivity index (χ1) is 6.29. The smallest absolute Gasteiger partial charge is 0.330 e. The van der Waals surface area contributed by atoms with Crippen LogP contribution in [0.4, 0.5) is 5.69 Å². The molecule has 1 aliphatic rings. The molecule has 0 fully saturated rings. The van der Waals surface area contributed by atoms with Crippen LogP contribution >= 0.6 is 0 Å². The minimum atomic E-state index is -0.308. The maximum absolute atomic E-state index is 10.8. The molecule has 4 nitrogen and oxygen atoms in total. The van der Waals surface area contributed by atoms with E-state index in [9.17, 15) is 4.79 Å². The van der Waals surface area contributed by atoms with Crippen LogP contribution in [0.25, 0.3) is 0 Å². The summed E-state index contributed by atoms with van der Waals surface area (Å²) >= 11 is 0. The number of hydrogen-bond donors (Lipinski definition) is 1. The third kappa shape index (κ3) is 1.32. The van der Waals surface area contributed by atoms with E-state index in [0.29, 0.717) is 17.0 Å². The highest BCUT2D eigenvalue weighted by Crippen LogP contribution is 2.27. The number of nitrogens with zero attached hydrogens (tertiary/aromatic N) is 1. The van der Waals surface area contributed by atoms with Gasteiger partial charge in [0.05, 0.1) is 17.3 Å². The van der Waals surface area contributed by atoms with Gasteiger partial charge in [-0.05, 0) is 18.2 Å². The van der Waals surface area contributed by atoms with Crippen LogP contribution < -0.4 is 10.1 Å². The number of nitrogens with one attached hydrogen (secondary N) is 1. The van der Waals surface area contributed by atoms with Crippen molar-refractivity contribution >= 4 is 11.7 Å². The molecule has 1 heterocycles. The van der Waals surface area contributed by atoms with E-state index in [0.717, 1.165) is 0 Å². The largest absolute Gasteiger partial charge is 0.423 e. The lowest BCUT2D eigenvalue weighted by Gasteiger charge is -2.16. The molecule has 0 bridgehead atoms. The van der Waals surface area contributed by atoms with E-state index in [1.165, 1.54) is 0 Å². The molecule has 0 saturated carbocycles. The van der Waals surface area contributed by atoms with Gasteiger partial charge < -0.3 is 10.1 Å². The van der Waals surface area contributed by atoms with Gasteiger partial charge in [-0.25, -0.2) is 4.79 Å². The predicted octanol–water partition coefficient (Wildman–Crippen LogP) is 0.889. The van der Waals surface area contributed by atoms with Gasteiger partial charge in [0.1, 0.15) is 6.54 Å². The highest BCUT2D eigenvalue weighted by molar-refractivity contribution is 5.83. The van der Waals surface area contributed by atoms with Crippen LogP contribution in [0.1, 0.15) is 5.56 Å². The molecule has 0 spiro atoms. The van der Waals surface area contributed by atoms with Crippen molar-refractivity contribution in [2.24, 2.45) is 0 Å². The Morgan fingerprint density at radius 1 is 1.54 bits per heavy atom. The maximum atomic E-state index is 10.8. The summed E-state index contributed by atoms with van der Waals surface area (Å²) in [4.78, 5) is 10.8. The molecule has 1 aromatic rings. The number of esters is 1. The number of benzene rings is 1. The summed E-state index contributed by atoms with van der Waals surface area (Å²) in [6.45, 7) is 0.155. The second-order valence-corrected chi connectivity index (χ2v) is 2.65. The number of nitriles is 1. The van der Waals surface area contributed by atoms with Crippen molar-refractivity contribution in [1.29, 1.82) is 5.26 Å². The van der Waals surface area contributed by atoms with Crippen LogP contribution in [0.5, 0.6) is 5.75 Å². The lowest BCUT2D eigenvalue weighted by Crippen LogP contribution is -2.24. The van der Waals surface area contributed by atoms with Crippen molar-refractivity contribution in [1.82, 2.24) is 0 Å². The molecule has 64 valence electrons. The fourth-order valence-corrected chi connectivity index (χ4v) is 1.15. The quantitative estimate of drug-likeness (QED) is 0.468. The third-order valence-corrected chi connectivity index (χ3v) is 1.76. The molecular formula is C9H6N2O2. The van der Waals surface area contributed by atoms with Crippen LogP contribution in [0.2, 0.25) is 0 Å². The standard InChI is InChI=1S/C9H6N2O2/c10-4-6-1-2-8-7(3-6)11-5-9(12)13-8/h1-3,11H,5H2. The van der Waals surface area contributed by atoms with Gasteiger partial charge in [-0.2, -0.15) is 5.26 Å². The van der Waals surface area contributed by atoms with E-state index in [1.807, 2.05) is 6.07 Å². The Kier molecular flexibility index (Phi) is 1.64. The van der Waals surface area contributed by atoms with E-state index in [-0.39, 0.29) is 12.5 Å². The molecule has 0 radical (unpaired) electrons. The van der Waals surface area contributed by atoms with Crippen LogP contribution in [0.15, 0.2) is 18.2 Å². The molecule has 13 heavy (non-hydrogen) atoms. The van der Waals surface area contributed by atoms with Gasteiger partial charge in [0.2, 0.25) is 0 Å². The molecule has 4 heteroatoms. The lowest BCUT2D eigenvalue weighted by molar-refractivity contribution is -0.132. The van der Waals surface area contributed by atoms with Crippen molar-refractivity contribution in [2.75, 3.05) is 11.9 Å². The molecule has 0 aromatic heterocycles. The maximum Gasteiger partial charge on any atom is 0.330 e. The summed E-state index contributed by atoms with van der Waals surface area (Å²) < 4.78 is 4.92. The number of rotatable bonds is 0. The fourth-order valence-electron chi connectivity index (χ4n) is 1.15. The SMILES string of the molecule is N#Cc1ccc2c(c1)NCC(=O)O2. The Morgan fingerprint density at radius 2 is 2.38 bits per heavy atom. The van der Waals surface area contributed by atoms with Gasteiger partial charge >= 0.3 is 5.97 Å². The second-order valence-electron chi connectivity index (χ2n) is 2.65. The molecule has 0 amide bonds. The van der Waals surface area contributed by atoms with Crippen molar-refractivity contribution in [3.63, 3.8) is 0 Å². The summed E-state index contributed by atoms with van der Waals surface area (Å²) in [5.74, 6) is 0.174. The highest BCUT2D eigenvalue weighted by atomic mass is 16.5. The van der Waals surface area contributed by atoms with Crippen LogP contribution in [0, 0.1) is 11.3 Å². The molecule has 1 aromatic carbocycles. The van der Waals surface area contributed by atoms with Crippen molar-refractivity contribution in [3.05, 3.63) is 23.8 Å². The highest BCUT2D eigenvalue weighted by Gasteiger charge is 2.15. The van der Waals surface area contributed by atoms with Gasteiger partial charge in [0.25, 0.3) is 0 Å². The number of anilines is 1. The topological polar surface area (TPSA) is 62.1 Å². The average molecular weight is 174 g/mol. The third-order valence-electron chi connectivity index (χ3n) is 1.76. The molecule has 0 unspecified atom stereocenters. The summed E-state index contributed by atoms with van der Waals surface area (Å²) in [6, 6.07) is 6.88. The van der Waals surface area contributed by atoms with Crippen LogP contribution in [-0.4, -0.2) is 12.5 Å². The van der Waals surface area contributed by atoms with Crippen molar-refractivity contribution in [2.45, 2.75) is 0 Å². The predicted molar refractivity (Wildman–Crippen MR) is 45.3 cm³/mol. The zero-order valence-corrected chi connectivity index (χ0v) is 6.70. The first-order valence-electron chi connectivity index (χ1n) is 3.78. The number of hydrogen-bond acceptors (Lipinski definition) is 4. The fraction of sp³-hybridized carbons (Fsp3) is 0.111. The monoisotopic (exact) mass is 174 g/mol. The van der Waals surface area contributed by atoms with Gasteiger partial charge in [-0.3, -0.25) is 0 Å². The first-order valence-corrected chi connectivity index (χ1v) is 3.78. The summed E-state index contributed by atoms with van der Waals surface area (Å²) in [5.41, 5.74) is 1.24. The van der Waals surface area contributed by atoms with Gasteiger partial charge in [0.15, 0.2) is 5.75 Å². The van der Waals surface area contributed by atoms with E-state index in [2.05, 4.69) is 5.32 Å². The Hall–Kier alpha value is -2.02. The molecular weight excluding hydrogens is 168 g/mol. The molecule has 2 rings (SSSR count). The van der Waals surface area contributed by atoms with Crippen molar-refractivity contribution in [3.8, 4) is 11.8 Å². The number of carbonyl (C=O) groups excluding carboxylic acids is 1. The zero-order chi connectivity index (χ0) is 9.26. The van der Waals surface area contributed by atoms with E-state index in [1.54, 1.807) is 18.2 Å². The Balaban J connectivity index is 2.43. The number of ether oxygens (including phenoxy) is 1. The summed E-state index contributed by atoms with van der Waals surface area (Å²) in [6.07, 6.45) is 0. The van der Waals surface area contributed by atoms with Crippen LogP contribution in [-0.2, 0) is 4.79 Å². The van der Waals surface area contributed by atoms with E-state index >= 15 is 0 Å². The minimum absolute atomic E-state index is 0.155. The minimum Gasteiger partial charge on any atom is -0.423 e. The molecule has 0 atom stereocenters. The van der Waals surface area contributed by atoms with Gasteiger partial charge in [0, 0.05) is 0 Å². The Labute approximate surface area is 74.7 Å². The summed E-state index contributed by atoms with van der Waals surface area (Å²) in [5, 5.41) is 11.5. The van der Waals surface area contributed by atoms with Crippen molar-refractivity contribution < 1.29 is 9.53 Å².